The van der Waals surface area contributed by atoms with Crippen molar-refractivity contribution in [1.29, 1.82) is 5.26 Å². The molecule has 6 nitrogen and oxygen atoms in total. The Hall–Kier alpha value is -4.11. The Morgan fingerprint density at radius 3 is 2.68 bits per heavy atom. The zero-order chi connectivity index (χ0) is 21.4. The monoisotopic (exact) mass is 409 g/mol. The number of pyridine rings is 1. The number of fused-ring (bicyclic) bond motifs is 1. The van der Waals surface area contributed by atoms with E-state index < -0.39 is 5.92 Å². The van der Waals surface area contributed by atoms with Crippen molar-refractivity contribution in [3.05, 3.63) is 89.0 Å². The molecule has 0 bridgehead atoms. The van der Waals surface area contributed by atoms with Crippen LogP contribution in [0, 0.1) is 11.3 Å². The first-order valence-corrected chi connectivity index (χ1v) is 10.1. The van der Waals surface area contributed by atoms with Crippen LogP contribution >= 0.6 is 0 Å². The molecule has 2 heterocycles. The van der Waals surface area contributed by atoms with Crippen LogP contribution in [-0.4, -0.2) is 10.8 Å². The molecule has 0 fully saturated rings. The highest BCUT2D eigenvalue weighted by Gasteiger charge is 2.40. The molecule has 1 atom stereocenters. The molecule has 3 aromatic rings. The van der Waals surface area contributed by atoms with E-state index in [1.165, 1.54) is 0 Å². The molecule has 0 saturated heterocycles. The average Bonchev–Trinajstić information content (AvgIpc) is 2.78. The molecule has 2 aliphatic rings. The third kappa shape index (κ3) is 3.30. The van der Waals surface area contributed by atoms with Gasteiger partial charge >= 0.3 is 0 Å². The standard InChI is InChI=1S/C25H19N3O3/c26-14-18-22(23-20(29)11-6-12-21(23)31-24(18)27)17-13-15-7-4-5-10-19(15)28-25(17)30-16-8-2-1-3-9-16/h1-5,7-10,13,22H,6,11-12,27H2. The van der Waals surface area contributed by atoms with E-state index in [0.29, 0.717) is 47.8 Å². The largest absolute Gasteiger partial charge is 0.444 e. The van der Waals surface area contributed by atoms with Crippen molar-refractivity contribution in [2.45, 2.75) is 25.2 Å². The fourth-order valence-electron chi connectivity index (χ4n) is 4.17. The van der Waals surface area contributed by atoms with Crippen molar-refractivity contribution in [1.82, 2.24) is 4.98 Å². The first-order chi connectivity index (χ1) is 15.2. The van der Waals surface area contributed by atoms with Gasteiger partial charge in [-0.05, 0) is 30.7 Å². The number of ether oxygens (including phenoxy) is 2. The number of hydrogen-bond donors (Lipinski definition) is 1. The topological polar surface area (TPSA) is 98.2 Å². The Balaban J connectivity index is 1.76. The third-order valence-electron chi connectivity index (χ3n) is 5.59. The van der Waals surface area contributed by atoms with Gasteiger partial charge in [-0.3, -0.25) is 4.79 Å². The minimum atomic E-state index is -0.683. The zero-order valence-electron chi connectivity index (χ0n) is 16.7. The summed E-state index contributed by atoms with van der Waals surface area (Å²) < 4.78 is 11.8. The second-order valence-corrected chi connectivity index (χ2v) is 7.53. The number of nitrogens with zero attached hydrogens (tertiary/aromatic N) is 2. The van der Waals surface area contributed by atoms with Crippen molar-refractivity contribution in [3.8, 4) is 17.7 Å². The molecule has 1 unspecified atom stereocenters. The molecule has 0 saturated carbocycles. The van der Waals surface area contributed by atoms with Gasteiger partial charge in [0.15, 0.2) is 5.78 Å². The number of Topliss-reactive ketones (excluding diaryl/α,β-unsaturated/α-hetero) is 1. The van der Waals surface area contributed by atoms with Gasteiger partial charge in [-0.1, -0.05) is 36.4 Å². The quantitative estimate of drug-likeness (QED) is 0.664. The fraction of sp³-hybridized carbons (Fsp3) is 0.160. The second kappa shape index (κ2) is 7.62. The van der Waals surface area contributed by atoms with Crippen LogP contribution in [-0.2, 0) is 9.53 Å². The molecule has 152 valence electrons. The summed E-state index contributed by atoms with van der Waals surface area (Å²) in [6, 6.07) is 21.0. The van der Waals surface area contributed by atoms with Crippen molar-refractivity contribution in [2.24, 2.45) is 5.73 Å². The van der Waals surface area contributed by atoms with Crippen LogP contribution in [0.3, 0.4) is 0 Å². The highest BCUT2D eigenvalue weighted by molar-refractivity contribution is 5.99. The lowest BCUT2D eigenvalue weighted by atomic mass is 9.77. The van der Waals surface area contributed by atoms with Gasteiger partial charge in [0.1, 0.15) is 23.2 Å². The van der Waals surface area contributed by atoms with Crippen LogP contribution in [0.25, 0.3) is 10.9 Å². The molecule has 0 radical (unpaired) electrons. The maximum atomic E-state index is 12.9. The summed E-state index contributed by atoms with van der Waals surface area (Å²) in [5, 5.41) is 10.8. The molecule has 2 aromatic carbocycles. The van der Waals surface area contributed by atoms with E-state index in [1.54, 1.807) is 0 Å². The number of rotatable bonds is 3. The summed E-state index contributed by atoms with van der Waals surface area (Å²) in [5.41, 5.74) is 8.16. The molecule has 5 rings (SSSR count). The lowest BCUT2D eigenvalue weighted by Gasteiger charge is -2.31. The molecular weight excluding hydrogens is 390 g/mol. The molecular formula is C25H19N3O3. The third-order valence-corrected chi connectivity index (χ3v) is 5.59. The molecule has 0 spiro atoms. The molecule has 1 aliphatic heterocycles. The Morgan fingerprint density at radius 1 is 1.10 bits per heavy atom. The van der Waals surface area contributed by atoms with Gasteiger partial charge in [-0.25, -0.2) is 4.98 Å². The Morgan fingerprint density at radius 2 is 1.87 bits per heavy atom. The van der Waals surface area contributed by atoms with Crippen molar-refractivity contribution in [3.63, 3.8) is 0 Å². The number of benzene rings is 2. The van der Waals surface area contributed by atoms with Gasteiger partial charge in [-0.15, -0.1) is 0 Å². The SMILES string of the molecule is N#CC1=C(N)OC2=C(C(=O)CCC2)C1c1cc2ccccc2nc1Oc1ccccc1. The summed E-state index contributed by atoms with van der Waals surface area (Å²) >= 11 is 0. The molecule has 0 amide bonds. The van der Waals surface area contributed by atoms with Crippen LogP contribution in [0.5, 0.6) is 11.6 Å². The number of aromatic nitrogens is 1. The fourth-order valence-corrected chi connectivity index (χ4v) is 4.17. The highest BCUT2D eigenvalue weighted by Crippen LogP contribution is 2.46. The zero-order valence-corrected chi connectivity index (χ0v) is 16.7. The van der Waals surface area contributed by atoms with E-state index in [9.17, 15) is 10.1 Å². The van der Waals surface area contributed by atoms with Crippen LogP contribution in [0.4, 0.5) is 0 Å². The average molecular weight is 409 g/mol. The van der Waals surface area contributed by atoms with Gasteiger partial charge in [0, 0.05) is 29.4 Å². The summed E-state index contributed by atoms with van der Waals surface area (Å²) in [6.07, 6.45) is 1.71. The number of hydrogen-bond acceptors (Lipinski definition) is 6. The number of nitrogens with two attached hydrogens (primary N) is 1. The van der Waals surface area contributed by atoms with Gasteiger partial charge in [0.05, 0.1) is 11.4 Å². The molecule has 2 N–H and O–H groups in total. The Kier molecular flexibility index (Phi) is 4.64. The van der Waals surface area contributed by atoms with Gasteiger partial charge < -0.3 is 15.2 Å². The first kappa shape index (κ1) is 18.9. The van der Waals surface area contributed by atoms with E-state index in [-0.39, 0.29) is 17.2 Å². The molecule has 1 aromatic heterocycles. The van der Waals surface area contributed by atoms with E-state index in [0.717, 1.165) is 10.9 Å². The molecule has 1 aliphatic carbocycles. The number of carbonyl (C=O) groups excluding carboxylic acids is 1. The number of nitriles is 1. The van der Waals surface area contributed by atoms with E-state index in [4.69, 9.17) is 20.2 Å². The summed E-state index contributed by atoms with van der Waals surface area (Å²) in [7, 11) is 0. The van der Waals surface area contributed by atoms with E-state index in [2.05, 4.69) is 6.07 Å². The predicted molar refractivity (Wildman–Crippen MR) is 115 cm³/mol. The van der Waals surface area contributed by atoms with E-state index >= 15 is 0 Å². The van der Waals surface area contributed by atoms with Crippen molar-refractivity contribution in [2.75, 3.05) is 0 Å². The van der Waals surface area contributed by atoms with Gasteiger partial charge in [0.25, 0.3) is 0 Å². The minimum absolute atomic E-state index is 0.0276. The Labute approximate surface area is 179 Å². The van der Waals surface area contributed by atoms with Crippen molar-refractivity contribution < 1.29 is 14.3 Å². The molecule has 6 heteroatoms. The summed E-state index contributed by atoms with van der Waals surface area (Å²) in [6.45, 7) is 0. The van der Waals surface area contributed by atoms with Gasteiger partial charge in [-0.2, -0.15) is 5.26 Å². The lowest BCUT2D eigenvalue weighted by Crippen LogP contribution is -2.27. The Bertz CT molecular complexity index is 1300. The maximum absolute atomic E-state index is 12.9. The number of ketones is 1. The maximum Gasteiger partial charge on any atom is 0.224 e. The minimum Gasteiger partial charge on any atom is -0.444 e. The predicted octanol–water partition coefficient (Wildman–Crippen LogP) is 4.84. The number of allylic oxidation sites excluding steroid dienone is 3. The van der Waals surface area contributed by atoms with Crippen LogP contribution in [0.1, 0.15) is 30.7 Å². The van der Waals surface area contributed by atoms with Crippen LogP contribution in [0.15, 0.2) is 83.5 Å². The van der Waals surface area contributed by atoms with Gasteiger partial charge in [0.2, 0.25) is 11.8 Å². The first-order valence-electron chi connectivity index (χ1n) is 10.1. The highest BCUT2D eigenvalue weighted by atomic mass is 16.5. The smallest absolute Gasteiger partial charge is 0.224 e. The summed E-state index contributed by atoms with van der Waals surface area (Å²) in [5.74, 6) is 0.792. The normalized spacial score (nSPS) is 18.4. The molecule has 31 heavy (non-hydrogen) atoms. The number of para-hydroxylation sites is 2. The van der Waals surface area contributed by atoms with E-state index in [1.807, 2.05) is 60.7 Å². The summed E-state index contributed by atoms with van der Waals surface area (Å²) in [4.78, 5) is 17.7. The lowest BCUT2D eigenvalue weighted by molar-refractivity contribution is -0.116. The second-order valence-electron chi connectivity index (χ2n) is 7.53. The van der Waals surface area contributed by atoms with Crippen molar-refractivity contribution >= 4 is 16.7 Å². The van der Waals surface area contributed by atoms with Crippen LogP contribution < -0.4 is 10.5 Å². The van der Waals surface area contributed by atoms with Crippen LogP contribution in [0.2, 0.25) is 0 Å². The number of carbonyl (C=O) groups is 1.